The van der Waals surface area contributed by atoms with Gasteiger partial charge in [-0.3, -0.25) is 9.59 Å². The van der Waals surface area contributed by atoms with E-state index in [1.807, 2.05) is 4.90 Å². The topological polar surface area (TPSA) is 43.9 Å². The molecule has 2 fully saturated rings. The Morgan fingerprint density at radius 1 is 1.00 bits per heavy atom. The highest BCUT2D eigenvalue weighted by Crippen LogP contribution is 2.23. The van der Waals surface area contributed by atoms with Gasteiger partial charge in [-0.1, -0.05) is 35.7 Å². The molecule has 0 radical (unpaired) electrons. The summed E-state index contributed by atoms with van der Waals surface area (Å²) in [5.41, 5.74) is 0.797. The Balaban J connectivity index is 1.43. The highest BCUT2D eigenvalue weighted by molar-refractivity contribution is 6.42. The van der Waals surface area contributed by atoms with Crippen molar-refractivity contribution in [1.29, 1.82) is 0 Å². The van der Waals surface area contributed by atoms with Crippen molar-refractivity contribution in [2.45, 2.75) is 25.7 Å². The molecule has 1 aromatic carbocycles. The van der Waals surface area contributed by atoms with E-state index in [1.165, 1.54) is 38.4 Å². The van der Waals surface area contributed by atoms with Crippen molar-refractivity contribution in [3.05, 3.63) is 39.9 Å². The predicted octanol–water partition coefficient (Wildman–Crippen LogP) is 3.55. The van der Waals surface area contributed by atoms with Crippen molar-refractivity contribution in [1.82, 2.24) is 14.7 Å². The molecule has 2 aliphatic rings. The number of amides is 2. The molecule has 2 heterocycles. The third-order valence-electron chi connectivity index (χ3n) is 5.34. The molecule has 0 spiro atoms. The summed E-state index contributed by atoms with van der Waals surface area (Å²) in [6, 6.07) is 5.20. The first-order valence-corrected chi connectivity index (χ1v) is 10.7. The summed E-state index contributed by atoms with van der Waals surface area (Å²) in [6.07, 6.45) is 8.09. The second-order valence-electron chi connectivity index (χ2n) is 7.40. The predicted molar refractivity (Wildman–Crippen MR) is 114 cm³/mol. The van der Waals surface area contributed by atoms with Crippen molar-refractivity contribution in [2.75, 3.05) is 45.8 Å². The van der Waals surface area contributed by atoms with Crippen LogP contribution in [0.3, 0.4) is 0 Å². The second kappa shape index (κ2) is 10.3. The number of hydrogen-bond acceptors (Lipinski definition) is 3. The number of rotatable bonds is 6. The van der Waals surface area contributed by atoms with Gasteiger partial charge in [0.1, 0.15) is 6.54 Å². The molecule has 0 saturated carbocycles. The first kappa shape index (κ1) is 21.2. The number of carbonyl (C=O) groups excluding carboxylic acids is 2. The number of halogens is 2. The van der Waals surface area contributed by atoms with Gasteiger partial charge in [0.2, 0.25) is 11.8 Å². The van der Waals surface area contributed by atoms with Gasteiger partial charge in [-0.25, -0.2) is 0 Å². The molecule has 0 aromatic heterocycles. The van der Waals surface area contributed by atoms with Crippen LogP contribution in [0.4, 0.5) is 0 Å². The van der Waals surface area contributed by atoms with Crippen LogP contribution in [0.1, 0.15) is 31.2 Å². The van der Waals surface area contributed by atoms with Gasteiger partial charge >= 0.3 is 0 Å². The number of carbonyl (C=O) groups is 2. The van der Waals surface area contributed by atoms with Gasteiger partial charge in [0.15, 0.2) is 0 Å². The summed E-state index contributed by atoms with van der Waals surface area (Å²) in [7, 11) is 0. The van der Waals surface area contributed by atoms with E-state index in [1.54, 1.807) is 29.2 Å². The standard InChI is InChI=1S/C21H27Cl2N3O2/c22-18-7-5-17(15-19(18)23)6-8-20(27)26-14-13-25(21(28)16-26)12-4-11-24-9-2-1-3-10-24/h5-8,15H,1-4,9-14,16H2. The maximum atomic E-state index is 12.4. The van der Waals surface area contributed by atoms with E-state index in [9.17, 15) is 9.59 Å². The SMILES string of the molecule is O=C(C=Cc1ccc(Cl)c(Cl)c1)N1CCN(CCCN2CCCCC2)C(=O)C1. The van der Waals surface area contributed by atoms with Gasteiger partial charge in [0.05, 0.1) is 10.0 Å². The molecule has 1 aromatic rings. The van der Waals surface area contributed by atoms with E-state index in [0.29, 0.717) is 23.1 Å². The van der Waals surface area contributed by atoms with Crippen molar-refractivity contribution < 1.29 is 9.59 Å². The molecule has 2 saturated heterocycles. The average Bonchev–Trinajstić information content (AvgIpc) is 2.70. The van der Waals surface area contributed by atoms with Crippen LogP contribution in [0.2, 0.25) is 10.0 Å². The summed E-state index contributed by atoms with van der Waals surface area (Å²) >= 11 is 11.9. The van der Waals surface area contributed by atoms with Crippen LogP contribution < -0.4 is 0 Å². The smallest absolute Gasteiger partial charge is 0.247 e. The van der Waals surface area contributed by atoms with Crippen LogP contribution in [-0.2, 0) is 9.59 Å². The molecule has 3 rings (SSSR count). The summed E-state index contributed by atoms with van der Waals surface area (Å²) < 4.78 is 0. The van der Waals surface area contributed by atoms with E-state index in [4.69, 9.17) is 23.2 Å². The lowest BCUT2D eigenvalue weighted by Gasteiger charge is -2.34. The van der Waals surface area contributed by atoms with Crippen LogP contribution >= 0.6 is 23.2 Å². The van der Waals surface area contributed by atoms with Gasteiger partial charge in [0, 0.05) is 25.7 Å². The summed E-state index contributed by atoms with van der Waals surface area (Å²) in [5.74, 6) is -0.131. The molecule has 2 amide bonds. The van der Waals surface area contributed by atoms with E-state index in [-0.39, 0.29) is 18.4 Å². The Morgan fingerprint density at radius 3 is 2.50 bits per heavy atom. The van der Waals surface area contributed by atoms with Gasteiger partial charge in [-0.05, 0) is 62.7 Å². The quantitative estimate of drug-likeness (QED) is 0.656. The van der Waals surface area contributed by atoms with E-state index in [2.05, 4.69) is 4.90 Å². The van der Waals surface area contributed by atoms with E-state index < -0.39 is 0 Å². The number of piperazine rings is 1. The van der Waals surface area contributed by atoms with Gasteiger partial charge in [0.25, 0.3) is 0 Å². The molecule has 0 aliphatic carbocycles. The van der Waals surface area contributed by atoms with E-state index >= 15 is 0 Å². The Bertz CT molecular complexity index is 732. The first-order valence-electron chi connectivity index (χ1n) is 9.95. The van der Waals surface area contributed by atoms with Gasteiger partial charge < -0.3 is 14.7 Å². The number of benzene rings is 1. The molecular weight excluding hydrogens is 397 g/mol. The Kier molecular flexibility index (Phi) is 7.77. The summed E-state index contributed by atoms with van der Waals surface area (Å²) in [4.78, 5) is 30.8. The fraction of sp³-hybridized carbons (Fsp3) is 0.524. The molecule has 2 aliphatic heterocycles. The minimum atomic E-state index is -0.160. The highest BCUT2D eigenvalue weighted by atomic mass is 35.5. The minimum Gasteiger partial charge on any atom is -0.339 e. The fourth-order valence-corrected chi connectivity index (χ4v) is 4.00. The van der Waals surface area contributed by atoms with E-state index in [0.717, 1.165) is 25.1 Å². The highest BCUT2D eigenvalue weighted by Gasteiger charge is 2.25. The zero-order valence-corrected chi connectivity index (χ0v) is 17.6. The molecule has 0 atom stereocenters. The minimum absolute atomic E-state index is 0.0289. The Labute approximate surface area is 176 Å². The summed E-state index contributed by atoms with van der Waals surface area (Å²) in [5, 5.41) is 0.928. The molecule has 5 nitrogen and oxygen atoms in total. The van der Waals surface area contributed by atoms with Crippen LogP contribution in [0.25, 0.3) is 6.08 Å². The van der Waals surface area contributed by atoms with Crippen molar-refractivity contribution in [2.24, 2.45) is 0 Å². The lowest BCUT2D eigenvalue weighted by atomic mass is 10.1. The molecule has 7 heteroatoms. The lowest BCUT2D eigenvalue weighted by Crippen LogP contribution is -2.52. The molecule has 0 N–H and O–H groups in total. The van der Waals surface area contributed by atoms with Gasteiger partial charge in [-0.2, -0.15) is 0 Å². The van der Waals surface area contributed by atoms with Crippen LogP contribution in [0.15, 0.2) is 24.3 Å². The number of piperidine rings is 1. The number of nitrogens with zero attached hydrogens (tertiary/aromatic N) is 3. The molecule has 0 unspecified atom stereocenters. The normalized spacial score (nSPS) is 18.9. The third-order valence-corrected chi connectivity index (χ3v) is 6.08. The average molecular weight is 424 g/mol. The maximum absolute atomic E-state index is 12.4. The number of likely N-dealkylation sites (tertiary alicyclic amines) is 1. The van der Waals surface area contributed by atoms with Crippen molar-refractivity contribution in [3.63, 3.8) is 0 Å². The largest absolute Gasteiger partial charge is 0.339 e. The maximum Gasteiger partial charge on any atom is 0.247 e. The summed E-state index contributed by atoms with van der Waals surface area (Å²) in [6.45, 7) is 5.51. The molecular formula is C21H27Cl2N3O2. The molecule has 28 heavy (non-hydrogen) atoms. The Hall–Kier alpha value is -1.56. The zero-order chi connectivity index (χ0) is 19.9. The van der Waals surface area contributed by atoms with Crippen molar-refractivity contribution >= 4 is 41.1 Å². The fourth-order valence-electron chi connectivity index (χ4n) is 3.69. The molecule has 0 bridgehead atoms. The van der Waals surface area contributed by atoms with Crippen LogP contribution in [-0.4, -0.2) is 72.3 Å². The zero-order valence-electron chi connectivity index (χ0n) is 16.1. The first-order chi connectivity index (χ1) is 13.5. The van der Waals surface area contributed by atoms with Gasteiger partial charge in [-0.15, -0.1) is 0 Å². The van der Waals surface area contributed by atoms with Crippen molar-refractivity contribution in [3.8, 4) is 0 Å². The van der Waals surface area contributed by atoms with Crippen LogP contribution in [0, 0.1) is 0 Å². The van der Waals surface area contributed by atoms with Crippen LogP contribution in [0.5, 0.6) is 0 Å². The second-order valence-corrected chi connectivity index (χ2v) is 8.22. The number of hydrogen-bond donors (Lipinski definition) is 0. The third kappa shape index (κ3) is 5.97. The monoisotopic (exact) mass is 423 g/mol. The molecule has 152 valence electrons. The Morgan fingerprint density at radius 2 is 1.79 bits per heavy atom. The lowest BCUT2D eigenvalue weighted by molar-refractivity contribution is -0.142.